The third-order valence-corrected chi connectivity index (χ3v) is 5.24. The van der Waals surface area contributed by atoms with E-state index in [0.29, 0.717) is 6.42 Å². The number of hydrogen-bond donors (Lipinski definition) is 0. The van der Waals surface area contributed by atoms with Crippen LogP contribution in [0.5, 0.6) is 0 Å². The molecule has 0 bridgehead atoms. The molecule has 0 N–H and O–H groups in total. The summed E-state index contributed by atoms with van der Waals surface area (Å²) in [6.45, 7) is 1.80. The first-order valence-corrected chi connectivity index (χ1v) is 6.43. The van der Waals surface area contributed by atoms with E-state index >= 15 is 0 Å². The molecule has 8 heteroatoms. The highest BCUT2D eigenvalue weighted by atomic mass is 28.4. The van der Waals surface area contributed by atoms with E-state index in [2.05, 4.69) is 9.78 Å². The summed E-state index contributed by atoms with van der Waals surface area (Å²) >= 11 is 0. The fourth-order valence-electron chi connectivity index (χ4n) is 1.44. The van der Waals surface area contributed by atoms with Crippen molar-refractivity contribution < 1.29 is 32.8 Å². The van der Waals surface area contributed by atoms with Crippen molar-refractivity contribution in [3.8, 4) is 0 Å². The topological polar surface area (TPSA) is 64.6 Å². The lowest BCUT2D eigenvalue weighted by Crippen LogP contribution is -2.66. The van der Waals surface area contributed by atoms with Crippen molar-refractivity contribution in [3.05, 3.63) is 0 Å². The van der Waals surface area contributed by atoms with Crippen molar-refractivity contribution in [3.63, 3.8) is 0 Å². The van der Waals surface area contributed by atoms with Gasteiger partial charge < -0.3 is 13.3 Å². The van der Waals surface area contributed by atoms with Crippen molar-refractivity contribution in [1.29, 1.82) is 0 Å². The molecule has 0 amide bonds. The molecule has 0 rings (SSSR count). The zero-order valence-corrected chi connectivity index (χ0v) is 11.6. The fraction of sp³-hybridized carbons (Fsp3) is 1.00. The molecule has 0 aliphatic carbocycles. The highest BCUT2D eigenvalue weighted by Crippen LogP contribution is 2.31. The monoisotopic (exact) mass is 256 g/mol. The van der Waals surface area contributed by atoms with Crippen LogP contribution in [0.25, 0.3) is 0 Å². The molecule has 0 spiro atoms. The Kier molecular flexibility index (Phi) is 7.27. The SMILES string of the molecule is CCC(OOC)(OOC)[Si](OC)(OC)OC. The average Bonchev–Trinajstić information content (AvgIpc) is 2.32. The van der Waals surface area contributed by atoms with Crippen molar-refractivity contribution in [2.75, 3.05) is 35.5 Å². The molecule has 16 heavy (non-hydrogen) atoms. The first-order chi connectivity index (χ1) is 7.61. The van der Waals surface area contributed by atoms with E-state index in [-0.39, 0.29) is 0 Å². The Morgan fingerprint density at radius 3 is 1.38 bits per heavy atom. The highest BCUT2D eigenvalue weighted by molar-refractivity contribution is 6.63. The smallest absolute Gasteiger partial charge is 0.374 e. The molecular formula is C8H20O7Si. The second kappa shape index (κ2) is 7.30. The lowest BCUT2D eigenvalue weighted by Gasteiger charge is -2.38. The molecule has 0 fully saturated rings. The summed E-state index contributed by atoms with van der Waals surface area (Å²) in [5.74, 6) is 0. The van der Waals surface area contributed by atoms with E-state index in [9.17, 15) is 0 Å². The van der Waals surface area contributed by atoms with E-state index in [1.165, 1.54) is 35.5 Å². The highest BCUT2D eigenvalue weighted by Gasteiger charge is 2.65. The van der Waals surface area contributed by atoms with E-state index in [0.717, 1.165) is 0 Å². The lowest BCUT2D eigenvalue weighted by molar-refractivity contribution is -0.483. The molecule has 0 radical (unpaired) electrons. The van der Waals surface area contributed by atoms with Gasteiger partial charge in [0.05, 0.1) is 14.2 Å². The zero-order chi connectivity index (χ0) is 12.7. The largest absolute Gasteiger partial charge is 0.569 e. The Bertz CT molecular complexity index is 171. The van der Waals surface area contributed by atoms with Crippen LogP contribution in [0.2, 0.25) is 0 Å². The molecule has 98 valence electrons. The van der Waals surface area contributed by atoms with Crippen LogP contribution in [0.4, 0.5) is 0 Å². The molecule has 0 aromatic rings. The molecule has 0 aliphatic rings. The molecule has 0 aromatic carbocycles. The fourth-order valence-corrected chi connectivity index (χ4v) is 3.67. The predicted octanol–water partition coefficient (Wildman–Crippen LogP) is 0.666. The van der Waals surface area contributed by atoms with Gasteiger partial charge in [-0.2, -0.15) is 9.78 Å². The predicted molar refractivity (Wildman–Crippen MR) is 56.0 cm³/mol. The van der Waals surface area contributed by atoms with E-state index in [4.69, 9.17) is 23.1 Å². The maximum Gasteiger partial charge on any atom is 0.569 e. The average molecular weight is 256 g/mol. The molecule has 0 saturated heterocycles. The van der Waals surface area contributed by atoms with Crippen molar-refractivity contribution in [2.45, 2.75) is 18.8 Å². The summed E-state index contributed by atoms with van der Waals surface area (Å²) < 4.78 is 15.8. The molecular weight excluding hydrogens is 236 g/mol. The number of rotatable bonds is 9. The second-order valence-electron chi connectivity index (χ2n) is 2.78. The summed E-state index contributed by atoms with van der Waals surface area (Å²) in [4.78, 5) is 19.5. The van der Waals surface area contributed by atoms with Crippen LogP contribution in [0.1, 0.15) is 13.3 Å². The van der Waals surface area contributed by atoms with Crippen LogP contribution in [-0.2, 0) is 32.8 Å². The zero-order valence-electron chi connectivity index (χ0n) is 10.6. The first-order valence-electron chi connectivity index (χ1n) is 4.71. The van der Waals surface area contributed by atoms with Crippen LogP contribution in [0.3, 0.4) is 0 Å². The minimum atomic E-state index is -3.23. The molecule has 7 nitrogen and oxygen atoms in total. The Hall–Kier alpha value is -0.0631. The van der Waals surface area contributed by atoms with Crippen molar-refractivity contribution in [1.82, 2.24) is 0 Å². The van der Waals surface area contributed by atoms with Crippen molar-refractivity contribution >= 4 is 8.80 Å². The second-order valence-corrected chi connectivity index (χ2v) is 5.87. The third kappa shape index (κ3) is 2.79. The third-order valence-electron chi connectivity index (χ3n) is 2.17. The van der Waals surface area contributed by atoms with Gasteiger partial charge in [-0.1, -0.05) is 6.92 Å². The molecule has 0 aliphatic heterocycles. The van der Waals surface area contributed by atoms with E-state index in [1.54, 1.807) is 6.92 Å². The molecule has 0 aromatic heterocycles. The van der Waals surface area contributed by atoms with Crippen LogP contribution >= 0.6 is 0 Å². The summed E-state index contributed by atoms with van der Waals surface area (Å²) in [5, 5.41) is 0. The van der Waals surface area contributed by atoms with E-state index in [1.807, 2.05) is 0 Å². The van der Waals surface area contributed by atoms with Gasteiger partial charge in [0.25, 0.3) is 0 Å². The van der Waals surface area contributed by atoms with Gasteiger partial charge in [-0.15, -0.1) is 0 Å². The maximum atomic E-state index is 5.28. The Balaban J connectivity index is 5.21. The molecule has 0 atom stereocenters. The Morgan fingerprint density at radius 2 is 1.19 bits per heavy atom. The summed E-state index contributed by atoms with van der Waals surface area (Å²) in [6.07, 6.45) is 0.358. The first kappa shape index (κ1) is 15.9. The quantitative estimate of drug-likeness (QED) is 0.260. The minimum Gasteiger partial charge on any atom is -0.374 e. The van der Waals surface area contributed by atoms with Crippen molar-refractivity contribution in [2.24, 2.45) is 0 Å². The normalized spacial score (nSPS) is 13.1. The molecule has 0 heterocycles. The number of hydrogen-bond acceptors (Lipinski definition) is 7. The van der Waals surface area contributed by atoms with Crippen LogP contribution < -0.4 is 0 Å². The van der Waals surface area contributed by atoms with Gasteiger partial charge in [-0.05, 0) is 0 Å². The summed E-state index contributed by atoms with van der Waals surface area (Å²) in [7, 11) is 3.81. The van der Waals surface area contributed by atoms with Gasteiger partial charge in [0.15, 0.2) is 0 Å². The Labute approximate surface area is 96.7 Å². The standard InChI is InChI=1S/C8H20O7Si/c1-7-8(14-9-2,15-10-3)16(11-4,12-5)13-6/h7H2,1-6H3. The van der Waals surface area contributed by atoms with Crippen LogP contribution in [-0.4, -0.2) is 49.8 Å². The minimum absolute atomic E-state index is 0.358. The summed E-state index contributed by atoms with van der Waals surface area (Å²) in [6, 6.07) is 0. The van der Waals surface area contributed by atoms with Gasteiger partial charge >= 0.3 is 14.2 Å². The Morgan fingerprint density at radius 1 is 0.812 bits per heavy atom. The van der Waals surface area contributed by atoms with Gasteiger partial charge in [-0.25, -0.2) is 9.78 Å². The van der Waals surface area contributed by atoms with Gasteiger partial charge in [0, 0.05) is 27.8 Å². The van der Waals surface area contributed by atoms with E-state index < -0.39 is 14.2 Å². The van der Waals surface area contributed by atoms with Gasteiger partial charge in [0.2, 0.25) is 0 Å². The molecule has 0 saturated carbocycles. The lowest BCUT2D eigenvalue weighted by atomic mass is 10.5. The van der Waals surface area contributed by atoms with Gasteiger partial charge in [-0.3, -0.25) is 0 Å². The summed E-state index contributed by atoms with van der Waals surface area (Å²) in [5.41, 5.74) is -1.37. The van der Waals surface area contributed by atoms with Crippen LogP contribution in [0, 0.1) is 0 Å². The molecule has 0 unspecified atom stereocenters. The van der Waals surface area contributed by atoms with Crippen LogP contribution in [0.15, 0.2) is 0 Å². The van der Waals surface area contributed by atoms with Gasteiger partial charge in [0.1, 0.15) is 0 Å². The maximum absolute atomic E-state index is 5.28.